The third kappa shape index (κ3) is 2.36. The Morgan fingerprint density at radius 3 is 2.22 bits per heavy atom. The summed E-state index contributed by atoms with van der Waals surface area (Å²) in [5, 5.41) is 8.26. The number of hydrogen-bond acceptors (Lipinski definition) is 2. The topological polar surface area (TPSA) is 36.7 Å². The van der Waals surface area contributed by atoms with Crippen LogP contribution in [-0.2, 0) is 20.1 Å². The molecule has 0 amide bonds. The Morgan fingerprint density at radius 1 is 1.33 bits per heavy atom. The number of aromatic nitrogens is 1. The summed E-state index contributed by atoms with van der Waals surface area (Å²) >= 11 is 0. The van der Waals surface area contributed by atoms with Crippen molar-refractivity contribution in [3.05, 3.63) is 30.1 Å². The molecule has 44 valence electrons. The predicted octanol–water partition coefficient (Wildman–Crippen LogP) is 0.951. The van der Waals surface area contributed by atoms with Crippen LogP contribution in [-0.4, -0.2) is 4.98 Å². The molecule has 0 aromatic carbocycles. The summed E-state index contributed by atoms with van der Waals surface area (Å²) in [5.74, 6) is 0. The van der Waals surface area contributed by atoms with Gasteiger partial charge >= 0.3 is 20.1 Å². The van der Waals surface area contributed by atoms with Gasteiger partial charge in [-0.05, 0) is 12.1 Å². The molecule has 0 fully saturated rings. The Labute approximate surface area is 66.9 Å². The van der Waals surface area contributed by atoms with E-state index in [0.29, 0.717) is 5.56 Å². The maximum atomic E-state index is 8.26. The third-order valence-electron chi connectivity index (χ3n) is 0.809. The van der Waals surface area contributed by atoms with Crippen LogP contribution in [0.15, 0.2) is 24.5 Å². The Balaban J connectivity index is 0.000000640. The van der Waals surface area contributed by atoms with E-state index in [2.05, 4.69) is 4.98 Å². The van der Waals surface area contributed by atoms with E-state index in [-0.39, 0.29) is 20.1 Å². The molecule has 0 spiro atoms. The van der Waals surface area contributed by atoms with Gasteiger partial charge in [-0.3, -0.25) is 4.98 Å². The van der Waals surface area contributed by atoms with Crippen molar-refractivity contribution in [3.63, 3.8) is 0 Å². The SMILES string of the molecule is N#Cc1ccncc1.[Ir+3]. The van der Waals surface area contributed by atoms with Gasteiger partial charge in [0.2, 0.25) is 0 Å². The summed E-state index contributed by atoms with van der Waals surface area (Å²) in [6.07, 6.45) is 3.19. The van der Waals surface area contributed by atoms with Gasteiger partial charge in [0.1, 0.15) is 0 Å². The van der Waals surface area contributed by atoms with Gasteiger partial charge in [0.05, 0.1) is 11.6 Å². The van der Waals surface area contributed by atoms with Crippen LogP contribution in [0.1, 0.15) is 5.56 Å². The maximum absolute atomic E-state index is 8.26. The summed E-state index contributed by atoms with van der Waals surface area (Å²) < 4.78 is 0. The molecule has 1 heterocycles. The van der Waals surface area contributed by atoms with Crippen molar-refractivity contribution in [2.45, 2.75) is 0 Å². The van der Waals surface area contributed by atoms with E-state index >= 15 is 0 Å². The van der Waals surface area contributed by atoms with Crippen LogP contribution in [0.25, 0.3) is 0 Å². The first-order valence-electron chi connectivity index (χ1n) is 2.23. The van der Waals surface area contributed by atoms with Gasteiger partial charge in [-0.1, -0.05) is 0 Å². The molecular weight excluding hydrogens is 292 g/mol. The smallest absolute Gasteiger partial charge is 0.265 e. The van der Waals surface area contributed by atoms with Crippen molar-refractivity contribution >= 4 is 0 Å². The summed E-state index contributed by atoms with van der Waals surface area (Å²) in [6.45, 7) is 0. The van der Waals surface area contributed by atoms with Gasteiger partial charge in [0.25, 0.3) is 0 Å². The van der Waals surface area contributed by atoms with Gasteiger partial charge in [-0.15, -0.1) is 0 Å². The van der Waals surface area contributed by atoms with Gasteiger partial charge in [-0.25, -0.2) is 0 Å². The molecule has 0 aliphatic carbocycles. The molecule has 0 N–H and O–H groups in total. The maximum Gasteiger partial charge on any atom is 3.00 e. The van der Waals surface area contributed by atoms with Crippen molar-refractivity contribution in [1.82, 2.24) is 4.98 Å². The molecule has 0 saturated carbocycles. The van der Waals surface area contributed by atoms with E-state index < -0.39 is 0 Å². The molecule has 9 heavy (non-hydrogen) atoms. The van der Waals surface area contributed by atoms with Crippen LogP contribution in [0, 0.1) is 11.3 Å². The number of pyridine rings is 1. The van der Waals surface area contributed by atoms with Crippen LogP contribution in [0.5, 0.6) is 0 Å². The largest absolute Gasteiger partial charge is 3.00 e. The second-order valence-electron chi connectivity index (χ2n) is 1.35. The van der Waals surface area contributed by atoms with Crippen molar-refractivity contribution < 1.29 is 20.1 Å². The summed E-state index contributed by atoms with van der Waals surface area (Å²) in [5.41, 5.74) is 0.653. The second kappa shape index (κ2) is 4.20. The van der Waals surface area contributed by atoms with Gasteiger partial charge in [-0.2, -0.15) is 5.26 Å². The Morgan fingerprint density at radius 2 is 1.89 bits per heavy atom. The Hall–Kier alpha value is -0.711. The minimum Gasteiger partial charge on any atom is -0.265 e. The molecule has 0 saturated heterocycles. The monoisotopic (exact) mass is 297 g/mol. The number of nitriles is 1. The zero-order chi connectivity index (χ0) is 5.82. The second-order valence-corrected chi connectivity index (χ2v) is 1.35. The van der Waals surface area contributed by atoms with E-state index in [1.165, 1.54) is 0 Å². The molecule has 2 nitrogen and oxygen atoms in total. The summed E-state index contributed by atoms with van der Waals surface area (Å²) in [7, 11) is 0. The van der Waals surface area contributed by atoms with Crippen LogP contribution in [0.3, 0.4) is 0 Å². The molecule has 3 heteroatoms. The first kappa shape index (κ1) is 8.29. The number of rotatable bonds is 0. The molecule has 0 aliphatic heterocycles. The zero-order valence-corrected chi connectivity index (χ0v) is 6.93. The van der Waals surface area contributed by atoms with Gasteiger partial charge < -0.3 is 0 Å². The average molecular weight is 296 g/mol. The van der Waals surface area contributed by atoms with Crippen LogP contribution in [0.4, 0.5) is 0 Å². The van der Waals surface area contributed by atoms with Crippen LogP contribution >= 0.6 is 0 Å². The molecule has 0 bridgehead atoms. The predicted molar refractivity (Wildman–Crippen MR) is 29.0 cm³/mol. The van der Waals surface area contributed by atoms with E-state index in [1.54, 1.807) is 24.5 Å². The first-order chi connectivity index (χ1) is 3.93. The van der Waals surface area contributed by atoms with Crippen LogP contribution < -0.4 is 0 Å². The average Bonchev–Trinajstić information content (AvgIpc) is 1.90. The molecule has 0 radical (unpaired) electrons. The fourth-order valence-electron chi connectivity index (χ4n) is 0.426. The van der Waals surface area contributed by atoms with E-state index in [9.17, 15) is 0 Å². The third-order valence-corrected chi connectivity index (χ3v) is 0.809. The van der Waals surface area contributed by atoms with E-state index in [1.807, 2.05) is 6.07 Å². The molecule has 1 rings (SSSR count). The van der Waals surface area contributed by atoms with Crippen molar-refractivity contribution in [2.75, 3.05) is 0 Å². The molecule has 0 unspecified atom stereocenters. The van der Waals surface area contributed by atoms with Crippen molar-refractivity contribution in [1.29, 1.82) is 5.26 Å². The summed E-state index contributed by atoms with van der Waals surface area (Å²) in [4.78, 5) is 3.74. The minimum atomic E-state index is 0. The minimum absolute atomic E-state index is 0. The Kier molecular flexibility index (Phi) is 3.86. The Bertz CT molecular complexity index is 202. The van der Waals surface area contributed by atoms with Crippen LogP contribution in [0.2, 0.25) is 0 Å². The summed E-state index contributed by atoms with van der Waals surface area (Å²) in [6, 6.07) is 5.32. The number of nitrogens with zero attached hydrogens (tertiary/aromatic N) is 2. The quantitative estimate of drug-likeness (QED) is 0.715. The number of hydrogen-bond donors (Lipinski definition) is 0. The standard InChI is InChI=1S/C6H4N2.Ir/c7-5-6-1-3-8-4-2-6;/h1-4H;/q;+3. The van der Waals surface area contributed by atoms with Crippen molar-refractivity contribution in [3.8, 4) is 6.07 Å². The zero-order valence-electron chi connectivity index (χ0n) is 4.54. The van der Waals surface area contributed by atoms with E-state index in [4.69, 9.17) is 5.26 Å². The van der Waals surface area contributed by atoms with E-state index in [0.717, 1.165) is 0 Å². The first-order valence-corrected chi connectivity index (χ1v) is 2.23. The molecular formula is C6H4IrN2+3. The molecule has 1 aromatic heterocycles. The van der Waals surface area contributed by atoms with Crippen molar-refractivity contribution in [2.24, 2.45) is 0 Å². The fourth-order valence-corrected chi connectivity index (χ4v) is 0.426. The molecule has 0 atom stereocenters. The van der Waals surface area contributed by atoms with Gasteiger partial charge in [0.15, 0.2) is 0 Å². The normalized spacial score (nSPS) is 7.00. The molecule has 0 aliphatic rings. The fraction of sp³-hybridized carbons (Fsp3) is 0. The molecule has 1 aromatic rings. The van der Waals surface area contributed by atoms with Gasteiger partial charge in [0, 0.05) is 12.4 Å².